The Morgan fingerprint density at radius 2 is 2.04 bits per heavy atom. The van der Waals surface area contributed by atoms with E-state index in [4.69, 9.17) is 4.74 Å². The molecule has 2 amide bonds. The van der Waals surface area contributed by atoms with E-state index in [9.17, 15) is 22.4 Å². The molecule has 28 heavy (non-hydrogen) atoms. The Morgan fingerprint density at radius 1 is 1.32 bits per heavy atom. The Kier molecular flexibility index (Phi) is 4.28. The fraction of sp³-hybridized carbons (Fsp3) is 0.333. The van der Waals surface area contributed by atoms with Gasteiger partial charge in [-0.25, -0.2) is 27.3 Å². The van der Waals surface area contributed by atoms with E-state index in [1.165, 1.54) is 17.3 Å². The Morgan fingerprint density at radius 3 is 2.75 bits per heavy atom. The average Bonchev–Trinajstić information content (AvgIpc) is 2.97. The van der Waals surface area contributed by atoms with E-state index >= 15 is 0 Å². The fourth-order valence-corrected chi connectivity index (χ4v) is 3.15. The van der Waals surface area contributed by atoms with Crippen LogP contribution in [0.25, 0.3) is 10.9 Å². The summed E-state index contributed by atoms with van der Waals surface area (Å²) in [4.78, 5) is 20.8. The molecule has 0 bridgehead atoms. The number of alkyl halides is 2. The molecular weight excluding hydrogens is 380 g/mol. The summed E-state index contributed by atoms with van der Waals surface area (Å²) in [5, 5.41) is 2.93. The predicted molar refractivity (Wildman–Crippen MR) is 94.2 cm³/mol. The van der Waals surface area contributed by atoms with Crippen LogP contribution < -0.4 is 5.32 Å². The van der Waals surface area contributed by atoms with Crippen molar-refractivity contribution in [1.82, 2.24) is 9.88 Å². The van der Waals surface area contributed by atoms with Gasteiger partial charge in [0.05, 0.1) is 23.4 Å². The number of hydrogen-bond acceptors (Lipinski definition) is 3. The van der Waals surface area contributed by atoms with Crippen LogP contribution in [0.3, 0.4) is 0 Å². The van der Waals surface area contributed by atoms with Gasteiger partial charge in [0.15, 0.2) is 11.6 Å². The van der Waals surface area contributed by atoms with E-state index in [-0.39, 0.29) is 31.0 Å². The third-order valence-corrected chi connectivity index (χ3v) is 4.73. The van der Waals surface area contributed by atoms with Crippen molar-refractivity contribution < 1.29 is 27.1 Å². The van der Waals surface area contributed by atoms with Gasteiger partial charge in [0.1, 0.15) is 6.10 Å². The maximum absolute atomic E-state index is 13.5. The molecule has 1 saturated carbocycles. The Hall–Kier alpha value is -3.04. The maximum atomic E-state index is 13.5. The molecule has 0 radical (unpaired) electrons. The molecule has 2 N–H and O–H groups in total. The monoisotopic (exact) mass is 396 g/mol. The van der Waals surface area contributed by atoms with Crippen LogP contribution >= 0.6 is 0 Å². The molecule has 0 unspecified atom stereocenters. The highest BCUT2D eigenvalue weighted by Crippen LogP contribution is 2.40. The molecular formula is C18H16F4N4O2. The second kappa shape index (κ2) is 6.54. The number of anilines is 1. The van der Waals surface area contributed by atoms with Crippen molar-refractivity contribution in [3.05, 3.63) is 41.5 Å². The number of H-pyrrole nitrogens is 1. The van der Waals surface area contributed by atoms with Gasteiger partial charge in [0, 0.05) is 36.7 Å². The zero-order valence-electron chi connectivity index (χ0n) is 14.7. The highest BCUT2D eigenvalue weighted by molar-refractivity contribution is 6.02. The molecule has 6 nitrogen and oxygen atoms in total. The first-order valence-corrected chi connectivity index (χ1v) is 8.56. The summed E-state index contributed by atoms with van der Waals surface area (Å²) in [6, 6.07) is 1.44. The Balaban J connectivity index is 1.50. The molecule has 2 aliphatic rings. The molecule has 1 aliphatic carbocycles. The number of aromatic amines is 1. The number of hydrogen-bond donors (Lipinski definition) is 2. The SMILES string of the molecule is CC1=C(OC2CC(F)(F)C2)N=CCN1C(=O)Nc1c[nH]c2cc(F)c(F)cc12. The summed E-state index contributed by atoms with van der Waals surface area (Å²) in [7, 11) is 0. The number of aliphatic imine (C=N–C) groups is 1. The fourth-order valence-electron chi connectivity index (χ4n) is 3.15. The van der Waals surface area contributed by atoms with Gasteiger partial charge in [-0.3, -0.25) is 4.90 Å². The van der Waals surface area contributed by atoms with Crippen molar-refractivity contribution in [3.8, 4) is 0 Å². The molecule has 1 aliphatic heterocycles. The van der Waals surface area contributed by atoms with Gasteiger partial charge in [-0.05, 0) is 13.0 Å². The van der Waals surface area contributed by atoms with E-state index < -0.39 is 29.7 Å². The van der Waals surface area contributed by atoms with Crippen molar-refractivity contribution in [1.29, 1.82) is 0 Å². The van der Waals surface area contributed by atoms with Crippen molar-refractivity contribution >= 4 is 28.8 Å². The largest absolute Gasteiger partial charge is 0.473 e. The first-order valence-electron chi connectivity index (χ1n) is 8.56. The number of amides is 2. The quantitative estimate of drug-likeness (QED) is 0.757. The smallest absolute Gasteiger partial charge is 0.326 e. The summed E-state index contributed by atoms with van der Waals surface area (Å²) < 4.78 is 58.3. The second-order valence-electron chi connectivity index (χ2n) is 6.76. The van der Waals surface area contributed by atoms with Gasteiger partial charge in [0.2, 0.25) is 5.88 Å². The van der Waals surface area contributed by atoms with Crippen LogP contribution in [0.2, 0.25) is 0 Å². The first kappa shape index (κ1) is 18.3. The lowest BCUT2D eigenvalue weighted by molar-refractivity contribution is -0.152. The number of nitrogens with one attached hydrogen (secondary N) is 2. The molecule has 2 heterocycles. The molecule has 148 valence electrons. The van der Waals surface area contributed by atoms with Crippen LogP contribution in [0, 0.1) is 11.6 Å². The Bertz CT molecular complexity index is 1010. The molecule has 0 spiro atoms. The van der Waals surface area contributed by atoms with Gasteiger partial charge >= 0.3 is 6.03 Å². The number of ether oxygens (including phenoxy) is 1. The summed E-state index contributed by atoms with van der Waals surface area (Å²) >= 11 is 0. The van der Waals surface area contributed by atoms with Crippen LogP contribution in [0.4, 0.5) is 28.0 Å². The number of carbonyl (C=O) groups is 1. The maximum Gasteiger partial charge on any atom is 0.326 e. The highest BCUT2D eigenvalue weighted by Gasteiger charge is 2.47. The minimum Gasteiger partial charge on any atom is -0.473 e. The number of fused-ring (bicyclic) bond motifs is 1. The average molecular weight is 396 g/mol. The minimum absolute atomic E-state index is 0.106. The number of halogens is 4. The molecule has 10 heteroatoms. The molecule has 1 aromatic heterocycles. The summed E-state index contributed by atoms with van der Waals surface area (Å²) in [6.07, 6.45) is 1.44. The molecule has 0 atom stereocenters. The lowest BCUT2D eigenvalue weighted by atomic mass is 9.91. The molecule has 1 aromatic carbocycles. The van der Waals surface area contributed by atoms with Crippen molar-refractivity contribution in [2.45, 2.75) is 31.8 Å². The lowest BCUT2D eigenvalue weighted by Gasteiger charge is -2.36. The highest BCUT2D eigenvalue weighted by atomic mass is 19.3. The topological polar surface area (TPSA) is 69.7 Å². The molecule has 2 aromatic rings. The number of benzene rings is 1. The summed E-state index contributed by atoms with van der Waals surface area (Å²) in [6.45, 7) is 1.74. The number of aromatic nitrogens is 1. The molecule has 1 fully saturated rings. The van der Waals surface area contributed by atoms with Gasteiger partial charge in [-0.1, -0.05) is 0 Å². The molecule has 4 rings (SSSR count). The van der Waals surface area contributed by atoms with Gasteiger partial charge in [-0.15, -0.1) is 0 Å². The van der Waals surface area contributed by atoms with E-state index in [2.05, 4.69) is 15.3 Å². The van der Waals surface area contributed by atoms with Gasteiger partial charge in [0.25, 0.3) is 5.92 Å². The van der Waals surface area contributed by atoms with E-state index in [0.717, 1.165) is 12.1 Å². The number of rotatable bonds is 3. The van der Waals surface area contributed by atoms with E-state index in [1.807, 2.05) is 0 Å². The standard InChI is InChI=1S/C18H16F4N4O2/c1-9-16(28-10-6-18(21,22)7-10)23-2-3-26(9)17(27)25-15-8-24-14-5-13(20)12(19)4-11(14)15/h2,4-5,8,10,24H,3,6-7H2,1H3,(H,25,27). The number of carbonyl (C=O) groups excluding carboxylic acids is 1. The number of nitrogens with zero attached hydrogens (tertiary/aromatic N) is 2. The predicted octanol–water partition coefficient (Wildman–Crippen LogP) is 4.37. The van der Waals surface area contributed by atoms with Crippen LogP contribution in [-0.4, -0.2) is 40.7 Å². The zero-order chi connectivity index (χ0) is 20.1. The summed E-state index contributed by atoms with van der Waals surface area (Å²) in [5.74, 6) is -4.65. The number of allylic oxidation sites excluding steroid dienone is 1. The van der Waals surface area contributed by atoms with Crippen LogP contribution in [-0.2, 0) is 4.74 Å². The minimum atomic E-state index is -2.72. The van der Waals surface area contributed by atoms with Crippen molar-refractivity contribution in [3.63, 3.8) is 0 Å². The molecule has 0 saturated heterocycles. The normalized spacial score (nSPS) is 19.1. The second-order valence-corrected chi connectivity index (χ2v) is 6.76. The lowest BCUT2D eigenvalue weighted by Crippen LogP contribution is -2.42. The third-order valence-electron chi connectivity index (χ3n) is 4.73. The van der Waals surface area contributed by atoms with E-state index in [1.54, 1.807) is 6.92 Å². The zero-order valence-corrected chi connectivity index (χ0v) is 14.7. The Labute approximate surface area is 156 Å². The number of urea groups is 1. The van der Waals surface area contributed by atoms with Crippen LogP contribution in [0.1, 0.15) is 19.8 Å². The van der Waals surface area contributed by atoms with Crippen LogP contribution in [0.15, 0.2) is 34.9 Å². The van der Waals surface area contributed by atoms with E-state index in [0.29, 0.717) is 16.6 Å². The summed E-state index contributed by atoms with van der Waals surface area (Å²) in [5.41, 5.74) is 0.971. The first-order chi connectivity index (χ1) is 13.2. The van der Waals surface area contributed by atoms with Gasteiger partial charge < -0.3 is 15.0 Å². The van der Waals surface area contributed by atoms with Gasteiger partial charge in [-0.2, -0.15) is 0 Å². The third kappa shape index (κ3) is 3.30. The van der Waals surface area contributed by atoms with Crippen molar-refractivity contribution in [2.24, 2.45) is 4.99 Å². The van der Waals surface area contributed by atoms with Crippen molar-refractivity contribution in [2.75, 3.05) is 11.9 Å². The van der Waals surface area contributed by atoms with Crippen LogP contribution in [0.5, 0.6) is 0 Å².